The van der Waals surface area contributed by atoms with Crippen LogP contribution in [0.3, 0.4) is 0 Å². The second-order valence-electron chi connectivity index (χ2n) is 5.01. The van der Waals surface area contributed by atoms with E-state index in [4.69, 9.17) is 5.11 Å². The average Bonchev–Trinajstić information content (AvgIpc) is 2.36. The van der Waals surface area contributed by atoms with Crippen molar-refractivity contribution < 1.29 is 18.3 Å². The fourth-order valence-electron chi connectivity index (χ4n) is 1.80. The molecule has 1 aromatic rings. The molecule has 0 atom stereocenters. The van der Waals surface area contributed by atoms with E-state index in [0.29, 0.717) is 17.7 Å². The van der Waals surface area contributed by atoms with E-state index in [-0.39, 0.29) is 12.2 Å². The number of hydrogen-bond donors (Lipinski definition) is 1. The Balaban J connectivity index is 2.64. The van der Waals surface area contributed by atoms with Gasteiger partial charge in [-0.2, -0.15) is 0 Å². The maximum atomic E-state index is 12.1. The van der Waals surface area contributed by atoms with Gasteiger partial charge in [-0.25, -0.2) is 8.42 Å². The molecule has 0 amide bonds. The third-order valence-electron chi connectivity index (χ3n) is 2.93. The highest BCUT2D eigenvalue weighted by Crippen LogP contribution is 2.14. The second-order valence-corrected chi connectivity index (χ2v) is 7.12. The Morgan fingerprint density at radius 2 is 1.80 bits per heavy atom. The molecule has 1 rings (SSSR count). The van der Waals surface area contributed by atoms with E-state index in [1.54, 1.807) is 24.3 Å². The molecule has 0 unspecified atom stereocenters. The van der Waals surface area contributed by atoms with Crippen LogP contribution < -0.4 is 0 Å². The van der Waals surface area contributed by atoms with Gasteiger partial charge in [-0.05, 0) is 51.2 Å². The van der Waals surface area contributed by atoms with Crippen LogP contribution >= 0.6 is 0 Å². The molecule has 0 heterocycles. The predicted octanol–water partition coefficient (Wildman–Crippen LogP) is 1.43. The Hall–Kier alpha value is -1.40. The smallest absolute Gasteiger partial charge is 0.303 e. The van der Waals surface area contributed by atoms with Crippen LogP contribution in [0.25, 0.3) is 0 Å². The molecule has 20 heavy (non-hydrogen) atoms. The Labute approximate surface area is 120 Å². The maximum absolute atomic E-state index is 12.1. The molecular formula is C14H21NO4S. The van der Waals surface area contributed by atoms with Crippen LogP contribution in [0, 0.1) is 0 Å². The number of rotatable bonds is 8. The molecular weight excluding hydrogens is 278 g/mol. The Morgan fingerprint density at radius 3 is 2.30 bits per heavy atom. The molecule has 0 aliphatic heterocycles. The van der Waals surface area contributed by atoms with Gasteiger partial charge in [0.25, 0.3) is 0 Å². The van der Waals surface area contributed by atoms with Gasteiger partial charge in [0.05, 0.1) is 10.6 Å². The summed E-state index contributed by atoms with van der Waals surface area (Å²) in [5.74, 6) is -0.731. The number of carboxylic acids is 1. The molecule has 1 aromatic carbocycles. The lowest BCUT2D eigenvalue weighted by atomic mass is 10.1. The highest BCUT2D eigenvalue weighted by molar-refractivity contribution is 7.91. The van der Waals surface area contributed by atoms with Gasteiger partial charge in [0.2, 0.25) is 0 Å². The second kappa shape index (κ2) is 7.40. The van der Waals surface area contributed by atoms with E-state index < -0.39 is 15.8 Å². The molecule has 0 fully saturated rings. The van der Waals surface area contributed by atoms with E-state index in [0.717, 1.165) is 12.1 Å². The summed E-state index contributed by atoms with van der Waals surface area (Å²) in [5.41, 5.74) is 0.833. The summed E-state index contributed by atoms with van der Waals surface area (Å²) >= 11 is 0. The minimum absolute atomic E-state index is 0.0505. The monoisotopic (exact) mass is 299 g/mol. The fourth-order valence-corrected chi connectivity index (χ4v) is 3.10. The molecule has 0 aliphatic rings. The number of nitrogens with zero attached hydrogens (tertiary/aromatic N) is 1. The molecule has 0 bridgehead atoms. The first-order valence-corrected chi connectivity index (χ1v) is 8.15. The predicted molar refractivity (Wildman–Crippen MR) is 77.6 cm³/mol. The van der Waals surface area contributed by atoms with Crippen molar-refractivity contribution in [3.63, 3.8) is 0 Å². The van der Waals surface area contributed by atoms with Gasteiger partial charge in [0.15, 0.2) is 9.84 Å². The summed E-state index contributed by atoms with van der Waals surface area (Å²) in [6.07, 6.45) is 1.06. The molecule has 1 N–H and O–H groups in total. The topological polar surface area (TPSA) is 74.7 Å². The largest absolute Gasteiger partial charge is 0.481 e. The van der Waals surface area contributed by atoms with Crippen molar-refractivity contribution in [1.82, 2.24) is 4.90 Å². The lowest BCUT2D eigenvalue weighted by molar-refractivity contribution is -0.136. The van der Waals surface area contributed by atoms with Crippen LogP contribution in [0.15, 0.2) is 29.2 Å². The summed E-state index contributed by atoms with van der Waals surface area (Å²) < 4.78 is 24.2. The van der Waals surface area contributed by atoms with E-state index in [9.17, 15) is 13.2 Å². The first-order valence-electron chi connectivity index (χ1n) is 6.49. The van der Waals surface area contributed by atoms with Gasteiger partial charge in [-0.3, -0.25) is 4.79 Å². The van der Waals surface area contributed by atoms with Crippen molar-refractivity contribution in [2.24, 2.45) is 0 Å². The minimum Gasteiger partial charge on any atom is -0.481 e. The maximum Gasteiger partial charge on any atom is 0.303 e. The number of benzene rings is 1. The summed E-state index contributed by atoms with van der Waals surface area (Å²) in [6.45, 7) is 0.732. The first-order chi connectivity index (χ1) is 9.31. The van der Waals surface area contributed by atoms with Crippen molar-refractivity contribution in [3.05, 3.63) is 29.8 Å². The van der Waals surface area contributed by atoms with Gasteiger partial charge >= 0.3 is 5.97 Å². The number of hydrogen-bond acceptors (Lipinski definition) is 4. The van der Waals surface area contributed by atoms with Crippen LogP contribution in [0.2, 0.25) is 0 Å². The highest BCUT2D eigenvalue weighted by Gasteiger charge is 2.14. The summed E-state index contributed by atoms with van der Waals surface area (Å²) in [6, 6.07) is 6.48. The van der Waals surface area contributed by atoms with Crippen molar-refractivity contribution in [2.75, 3.05) is 26.4 Å². The molecule has 5 nitrogen and oxygen atoms in total. The van der Waals surface area contributed by atoms with E-state index in [1.165, 1.54) is 0 Å². The zero-order valence-electron chi connectivity index (χ0n) is 11.9. The lowest BCUT2D eigenvalue weighted by Crippen LogP contribution is -2.17. The number of sulfone groups is 1. The normalized spacial score (nSPS) is 11.8. The average molecular weight is 299 g/mol. The third-order valence-corrected chi connectivity index (χ3v) is 4.74. The van der Waals surface area contributed by atoms with Gasteiger partial charge in [-0.15, -0.1) is 0 Å². The van der Waals surface area contributed by atoms with Crippen molar-refractivity contribution in [1.29, 1.82) is 0 Å². The lowest BCUT2D eigenvalue weighted by Gasteiger charge is -2.09. The van der Waals surface area contributed by atoms with E-state index >= 15 is 0 Å². The molecule has 0 spiro atoms. The van der Waals surface area contributed by atoms with Crippen LogP contribution in [-0.2, 0) is 21.1 Å². The minimum atomic E-state index is -3.25. The summed E-state index contributed by atoms with van der Waals surface area (Å²) in [7, 11) is 0.566. The van der Waals surface area contributed by atoms with Gasteiger partial charge in [0.1, 0.15) is 0 Å². The van der Waals surface area contributed by atoms with Crippen LogP contribution in [0.4, 0.5) is 0 Å². The molecule has 112 valence electrons. The number of aryl methyl sites for hydroxylation is 1. The quantitative estimate of drug-likeness (QED) is 0.786. The Bertz CT molecular complexity index is 535. The van der Waals surface area contributed by atoms with Crippen LogP contribution in [0.5, 0.6) is 0 Å². The summed E-state index contributed by atoms with van der Waals surface area (Å²) in [5, 5.41) is 8.60. The zero-order chi connectivity index (χ0) is 15.2. The molecule has 0 radical (unpaired) electrons. The number of aliphatic carboxylic acids is 1. The van der Waals surface area contributed by atoms with E-state index in [1.807, 2.05) is 19.0 Å². The number of carbonyl (C=O) groups is 1. The van der Waals surface area contributed by atoms with Crippen molar-refractivity contribution >= 4 is 15.8 Å². The standard InChI is InChI=1S/C14H21NO4S/c1-15(2)10-3-11-20(18,19)13-7-4-12(5-8-13)6-9-14(16)17/h4-5,7-8H,3,6,9-11H2,1-2H3,(H,16,17). The first kappa shape index (κ1) is 16.7. The molecule has 0 saturated carbocycles. The third kappa shape index (κ3) is 5.71. The highest BCUT2D eigenvalue weighted by atomic mass is 32.2. The number of carboxylic acid groups (broad SMARTS) is 1. The van der Waals surface area contributed by atoms with Gasteiger partial charge < -0.3 is 10.0 Å². The van der Waals surface area contributed by atoms with E-state index in [2.05, 4.69) is 0 Å². The van der Waals surface area contributed by atoms with Crippen LogP contribution in [0.1, 0.15) is 18.4 Å². The summed E-state index contributed by atoms with van der Waals surface area (Å²) in [4.78, 5) is 12.7. The SMILES string of the molecule is CN(C)CCCS(=O)(=O)c1ccc(CCC(=O)O)cc1. The molecule has 0 aromatic heterocycles. The van der Waals surface area contributed by atoms with Gasteiger partial charge in [0, 0.05) is 6.42 Å². The zero-order valence-corrected chi connectivity index (χ0v) is 12.7. The molecule has 0 saturated heterocycles. The van der Waals surface area contributed by atoms with Crippen LogP contribution in [-0.4, -0.2) is 50.8 Å². The van der Waals surface area contributed by atoms with Gasteiger partial charge in [-0.1, -0.05) is 12.1 Å². The van der Waals surface area contributed by atoms with Crippen molar-refractivity contribution in [2.45, 2.75) is 24.2 Å². The van der Waals surface area contributed by atoms with Crippen molar-refractivity contribution in [3.8, 4) is 0 Å². The fraction of sp³-hybridized carbons (Fsp3) is 0.500. The Morgan fingerprint density at radius 1 is 1.20 bits per heavy atom. The molecule has 0 aliphatic carbocycles. The Kier molecular flexibility index (Phi) is 6.16. The molecule has 6 heteroatoms.